The summed E-state index contributed by atoms with van der Waals surface area (Å²) in [6, 6.07) is 1.27. The topological polar surface area (TPSA) is 32.3 Å². The van der Waals surface area contributed by atoms with E-state index in [-0.39, 0.29) is 6.10 Å². The standard InChI is InChI=1S/C17H33NO/c1-17(2,3)13-6-4-7-14(11-10-13)18-15-8-5-9-16(19)12-15/h13-16,18-19H,4-12H2,1-3H3. The molecule has 2 nitrogen and oxygen atoms in total. The lowest BCUT2D eigenvalue weighted by Crippen LogP contribution is -2.42. The molecule has 112 valence electrons. The largest absolute Gasteiger partial charge is 0.393 e. The molecule has 0 aromatic rings. The molecule has 4 atom stereocenters. The van der Waals surface area contributed by atoms with Gasteiger partial charge in [0.1, 0.15) is 0 Å². The van der Waals surface area contributed by atoms with Crippen molar-refractivity contribution in [3.63, 3.8) is 0 Å². The van der Waals surface area contributed by atoms with Gasteiger partial charge in [-0.25, -0.2) is 0 Å². The van der Waals surface area contributed by atoms with Gasteiger partial charge in [-0.1, -0.05) is 27.2 Å². The Morgan fingerprint density at radius 1 is 0.842 bits per heavy atom. The lowest BCUT2D eigenvalue weighted by molar-refractivity contribution is 0.107. The Labute approximate surface area is 119 Å². The van der Waals surface area contributed by atoms with E-state index in [4.69, 9.17) is 0 Å². The summed E-state index contributed by atoms with van der Waals surface area (Å²) in [5, 5.41) is 13.6. The average Bonchev–Trinajstić information content (AvgIpc) is 2.54. The Balaban J connectivity index is 1.79. The van der Waals surface area contributed by atoms with Crippen LogP contribution in [0.1, 0.15) is 78.6 Å². The van der Waals surface area contributed by atoms with E-state index in [0.29, 0.717) is 17.5 Å². The maximum atomic E-state index is 9.77. The average molecular weight is 267 g/mol. The molecule has 2 fully saturated rings. The molecule has 2 rings (SSSR count). The molecule has 0 radical (unpaired) electrons. The molecular weight excluding hydrogens is 234 g/mol. The van der Waals surface area contributed by atoms with Crippen LogP contribution in [0.5, 0.6) is 0 Å². The van der Waals surface area contributed by atoms with Gasteiger partial charge in [0.05, 0.1) is 6.10 Å². The molecule has 19 heavy (non-hydrogen) atoms. The van der Waals surface area contributed by atoms with Crippen LogP contribution in [0.25, 0.3) is 0 Å². The molecule has 2 saturated carbocycles. The highest BCUT2D eigenvalue weighted by molar-refractivity contribution is 4.85. The van der Waals surface area contributed by atoms with Crippen molar-refractivity contribution in [2.24, 2.45) is 11.3 Å². The normalized spacial score (nSPS) is 37.9. The van der Waals surface area contributed by atoms with Crippen LogP contribution in [-0.2, 0) is 0 Å². The molecule has 0 heterocycles. The van der Waals surface area contributed by atoms with Gasteiger partial charge in [0, 0.05) is 12.1 Å². The molecule has 2 heteroatoms. The number of rotatable bonds is 2. The number of aliphatic hydroxyl groups is 1. The minimum absolute atomic E-state index is 0.0562. The van der Waals surface area contributed by atoms with Crippen LogP contribution in [-0.4, -0.2) is 23.3 Å². The van der Waals surface area contributed by atoms with Crippen molar-refractivity contribution >= 4 is 0 Å². The fourth-order valence-corrected chi connectivity index (χ4v) is 3.98. The van der Waals surface area contributed by atoms with E-state index in [2.05, 4.69) is 26.1 Å². The summed E-state index contributed by atoms with van der Waals surface area (Å²) >= 11 is 0. The fraction of sp³-hybridized carbons (Fsp3) is 1.00. The van der Waals surface area contributed by atoms with Crippen molar-refractivity contribution in [2.75, 3.05) is 0 Å². The molecule has 0 aromatic heterocycles. The van der Waals surface area contributed by atoms with Gasteiger partial charge in [-0.3, -0.25) is 0 Å². The third kappa shape index (κ3) is 4.75. The van der Waals surface area contributed by atoms with Gasteiger partial charge in [-0.05, 0) is 62.7 Å². The zero-order valence-electron chi connectivity index (χ0n) is 13.1. The molecule has 0 spiro atoms. The lowest BCUT2D eigenvalue weighted by Gasteiger charge is -2.31. The Kier molecular flexibility index (Phi) is 5.30. The van der Waals surface area contributed by atoms with Crippen LogP contribution in [0.4, 0.5) is 0 Å². The first-order chi connectivity index (χ1) is 8.95. The number of aliphatic hydroxyl groups excluding tert-OH is 1. The molecule has 4 unspecified atom stereocenters. The van der Waals surface area contributed by atoms with Gasteiger partial charge in [-0.2, -0.15) is 0 Å². The first-order valence-electron chi connectivity index (χ1n) is 8.39. The summed E-state index contributed by atoms with van der Waals surface area (Å²) in [4.78, 5) is 0. The summed E-state index contributed by atoms with van der Waals surface area (Å²) in [7, 11) is 0. The van der Waals surface area contributed by atoms with Crippen molar-refractivity contribution in [3.8, 4) is 0 Å². The van der Waals surface area contributed by atoms with E-state index in [1.807, 2.05) is 0 Å². The third-order valence-corrected chi connectivity index (χ3v) is 5.31. The molecule has 0 amide bonds. The van der Waals surface area contributed by atoms with E-state index >= 15 is 0 Å². The molecule has 2 N–H and O–H groups in total. The molecule has 0 saturated heterocycles. The lowest BCUT2D eigenvalue weighted by atomic mass is 9.76. The van der Waals surface area contributed by atoms with E-state index in [1.54, 1.807) is 0 Å². The van der Waals surface area contributed by atoms with E-state index < -0.39 is 0 Å². The van der Waals surface area contributed by atoms with Crippen molar-refractivity contribution in [1.29, 1.82) is 0 Å². The molecule has 0 bridgehead atoms. The van der Waals surface area contributed by atoms with Crippen LogP contribution >= 0.6 is 0 Å². The SMILES string of the molecule is CC(C)(C)C1CCCC(NC2CCCC(O)C2)CC1. The number of nitrogens with one attached hydrogen (secondary N) is 1. The van der Waals surface area contributed by atoms with Crippen LogP contribution in [0.15, 0.2) is 0 Å². The molecular formula is C17H33NO. The van der Waals surface area contributed by atoms with Gasteiger partial charge in [-0.15, -0.1) is 0 Å². The van der Waals surface area contributed by atoms with E-state index in [0.717, 1.165) is 18.8 Å². The predicted molar refractivity (Wildman–Crippen MR) is 81.2 cm³/mol. The summed E-state index contributed by atoms with van der Waals surface area (Å²) < 4.78 is 0. The van der Waals surface area contributed by atoms with Gasteiger partial charge in [0.15, 0.2) is 0 Å². The van der Waals surface area contributed by atoms with Crippen molar-refractivity contribution in [2.45, 2.75) is 96.7 Å². The van der Waals surface area contributed by atoms with Crippen LogP contribution in [0.2, 0.25) is 0 Å². The van der Waals surface area contributed by atoms with Crippen LogP contribution < -0.4 is 5.32 Å². The number of hydrogen-bond donors (Lipinski definition) is 2. The summed E-state index contributed by atoms with van der Waals surface area (Å²) in [5.74, 6) is 0.885. The second-order valence-corrected chi connectivity index (χ2v) is 7.95. The second kappa shape index (κ2) is 6.58. The summed E-state index contributed by atoms with van der Waals surface area (Å²) in [6.07, 6.45) is 11.2. The zero-order chi connectivity index (χ0) is 13.9. The van der Waals surface area contributed by atoms with E-state index in [1.165, 1.54) is 44.9 Å². The maximum absolute atomic E-state index is 9.77. The molecule has 2 aliphatic carbocycles. The number of hydrogen-bond acceptors (Lipinski definition) is 2. The Bertz CT molecular complexity index is 271. The Morgan fingerprint density at radius 2 is 1.53 bits per heavy atom. The Morgan fingerprint density at radius 3 is 2.21 bits per heavy atom. The Hall–Kier alpha value is -0.0800. The minimum atomic E-state index is -0.0562. The van der Waals surface area contributed by atoms with Crippen molar-refractivity contribution in [1.82, 2.24) is 5.32 Å². The smallest absolute Gasteiger partial charge is 0.0555 e. The monoisotopic (exact) mass is 267 g/mol. The fourth-order valence-electron chi connectivity index (χ4n) is 3.98. The van der Waals surface area contributed by atoms with Gasteiger partial charge < -0.3 is 10.4 Å². The van der Waals surface area contributed by atoms with E-state index in [9.17, 15) is 5.11 Å². The van der Waals surface area contributed by atoms with Crippen LogP contribution in [0, 0.1) is 11.3 Å². The first-order valence-corrected chi connectivity index (χ1v) is 8.39. The van der Waals surface area contributed by atoms with Crippen LogP contribution in [0.3, 0.4) is 0 Å². The minimum Gasteiger partial charge on any atom is -0.393 e. The molecule has 0 aromatic carbocycles. The zero-order valence-corrected chi connectivity index (χ0v) is 13.1. The highest BCUT2D eigenvalue weighted by atomic mass is 16.3. The molecule has 0 aliphatic heterocycles. The highest BCUT2D eigenvalue weighted by Gasteiger charge is 2.29. The summed E-state index contributed by atoms with van der Waals surface area (Å²) in [6.45, 7) is 7.18. The van der Waals surface area contributed by atoms with Gasteiger partial charge in [0.25, 0.3) is 0 Å². The molecule has 2 aliphatic rings. The summed E-state index contributed by atoms with van der Waals surface area (Å²) in [5.41, 5.74) is 0.468. The van der Waals surface area contributed by atoms with Gasteiger partial charge in [0.2, 0.25) is 0 Å². The van der Waals surface area contributed by atoms with Crippen molar-refractivity contribution < 1.29 is 5.11 Å². The quantitative estimate of drug-likeness (QED) is 0.744. The predicted octanol–water partition coefficient (Wildman–Crippen LogP) is 3.87. The first kappa shape index (κ1) is 15.3. The highest BCUT2D eigenvalue weighted by Crippen LogP contribution is 2.37. The maximum Gasteiger partial charge on any atom is 0.0555 e. The second-order valence-electron chi connectivity index (χ2n) is 7.95. The van der Waals surface area contributed by atoms with Gasteiger partial charge >= 0.3 is 0 Å². The third-order valence-electron chi connectivity index (χ3n) is 5.31. The van der Waals surface area contributed by atoms with Crippen molar-refractivity contribution in [3.05, 3.63) is 0 Å².